The van der Waals surface area contributed by atoms with E-state index in [0.29, 0.717) is 26.1 Å². The fourth-order valence-electron chi connectivity index (χ4n) is 2.27. The highest BCUT2D eigenvalue weighted by atomic mass is 19.3. The van der Waals surface area contributed by atoms with E-state index in [2.05, 4.69) is 15.4 Å². The van der Waals surface area contributed by atoms with Gasteiger partial charge in [-0.2, -0.15) is 8.78 Å². The molecule has 0 saturated carbocycles. The SMILES string of the molecule is CCNC(=O)C[NH+](CC)CC(=O)NCCc1ccc(OC(F)F)cc1. The topological polar surface area (TPSA) is 71.9 Å². The molecular weight excluding hydrogens is 332 g/mol. The molecule has 6 nitrogen and oxygen atoms in total. The van der Waals surface area contributed by atoms with Crippen molar-refractivity contribution in [3.05, 3.63) is 29.8 Å². The van der Waals surface area contributed by atoms with Crippen LogP contribution in [0.15, 0.2) is 24.3 Å². The van der Waals surface area contributed by atoms with Gasteiger partial charge >= 0.3 is 6.61 Å². The summed E-state index contributed by atoms with van der Waals surface area (Å²) in [7, 11) is 0. The maximum Gasteiger partial charge on any atom is 0.387 e. The standard InChI is InChI=1S/C17H25F2N3O3/c1-3-20-15(23)11-22(4-2)12-16(24)21-10-9-13-5-7-14(8-6-13)25-17(18)19/h5-8,17H,3-4,9-12H2,1-2H3,(H,20,23)(H,21,24)/p+1. The quantitative estimate of drug-likeness (QED) is 0.521. The molecule has 0 aromatic heterocycles. The van der Waals surface area contributed by atoms with Crippen molar-refractivity contribution in [3.8, 4) is 5.75 Å². The molecule has 1 unspecified atom stereocenters. The highest BCUT2D eigenvalue weighted by molar-refractivity contribution is 5.78. The Hall–Kier alpha value is -2.22. The van der Waals surface area contributed by atoms with Crippen LogP contribution in [0.5, 0.6) is 5.75 Å². The maximum absolute atomic E-state index is 12.1. The Balaban J connectivity index is 2.32. The van der Waals surface area contributed by atoms with Crippen molar-refractivity contribution < 1.29 is 28.0 Å². The van der Waals surface area contributed by atoms with Crippen molar-refractivity contribution in [3.63, 3.8) is 0 Å². The summed E-state index contributed by atoms with van der Waals surface area (Å²) in [5, 5.41) is 5.52. The number of carbonyl (C=O) groups excluding carboxylic acids is 2. The zero-order valence-corrected chi connectivity index (χ0v) is 14.6. The second-order valence-corrected chi connectivity index (χ2v) is 5.53. The number of alkyl halides is 2. The van der Waals surface area contributed by atoms with Crippen LogP contribution >= 0.6 is 0 Å². The molecule has 0 bridgehead atoms. The lowest BCUT2D eigenvalue weighted by molar-refractivity contribution is -0.881. The first-order valence-corrected chi connectivity index (χ1v) is 8.35. The van der Waals surface area contributed by atoms with Gasteiger partial charge in [0, 0.05) is 13.1 Å². The Kier molecular flexibility index (Phi) is 9.46. The molecule has 1 atom stereocenters. The van der Waals surface area contributed by atoms with E-state index in [1.807, 2.05) is 13.8 Å². The second kappa shape index (κ2) is 11.4. The molecule has 1 aromatic rings. The molecule has 0 radical (unpaired) electrons. The molecule has 0 spiro atoms. The predicted molar refractivity (Wildman–Crippen MR) is 89.7 cm³/mol. The van der Waals surface area contributed by atoms with Crippen LogP contribution in [0.3, 0.4) is 0 Å². The van der Waals surface area contributed by atoms with Gasteiger partial charge in [-0.15, -0.1) is 0 Å². The molecule has 3 N–H and O–H groups in total. The largest absolute Gasteiger partial charge is 0.435 e. The molecule has 8 heteroatoms. The Morgan fingerprint density at radius 2 is 1.68 bits per heavy atom. The Labute approximate surface area is 146 Å². The number of rotatable bonds is 11. The van der Waals surface area contributed by atoms with Crippen LogP contribution < -0.4 is 20.3 Å². The first kappa shape index (κ1) is 20.8. The average Bonchev–Trinajstić information content (AvgIpc) is 2.55. The molecule has 0 saturated heterocycles. The number of carbonyl (C=O) groups is 2. The van der Waals surface area contributed by atoms with Crippen molar-refractivity contribution in [2.45, 2.75) is 26.9 Å². The number of benzene rings is 1. The van der Waals surface area contributed by atoms with E-state index < -0.39 is 6.61 Å². The number of amides is 2. The fraction of sp³-hybridized carbons (Fsp3) is 0.529. The smallest absolute Gasteiger partial charge is 0.387 e. The number of nitrogens with one attached hydrogen (secondary N) is 3. The molecule has 0 fully saturated rings. The normalized spacial score (nSPS) is 11.9. The van der Waals surface area contributed by atoms with E-state index in [1.165, 1.54) is 12.1 Å². The van der Waals surface area contributed by atoms with Gasteiger partial charge in [-0.1, -0.05) is 12.1 Å². The lowest BCUT2D eigenvalue weighted by Gasteiger charge is -2.16. The number of hydrogen-bond acceptors (Lipinski definition) is 3. The van der Waals surface area contributed by atoms with Crippen LogP contribution in [-0.2, 0) is 16.0 Å². The molecule has 0 aliphatic heterocycles. The summed E-state index contributed by atoms with van der Waals surface area (Å²) in [6, 6.07) is 6.31. The van der Waals surface area contributed by atoms with Gasteiger partial charge in [0.1, 0.15) is 5.75 Å². The highest BCUT2D eigenvalue weighted by Gasteiger charge is 2.15. The first-order chi connectivity index (χ1) is 11.9. The van der Waals surface area contributed by atoms with Crippen LogP contribution in [0, 0.1) is 0 Å². The Morgan fingerprint density at radius 3 is 2.20 bits per heavy atom. The first-order valence-electron chi connectivity index (χ1n) is 8.35. The van der Waals surface area contributed by atoms with Gasteiger partial charge in [-0.3, -0.25) is 9.59 Å². The van der Waals surface area contributed by atoms with Gasteiger partial charge in [0.15, 0.2) is 13.1 Å². The minimum Gasteiger partial charge on any atom is -0.435 e. The van der Waals surface area contributed by atoms with E-state index in [9.17, 15) is 18.4 Å². The molecule has 0 aliphatic rings. The molecule has 140 valence electrons. The van der Waals surface area contributed by atoms with Gasteiger partial charge in [-0.05, 0) is 38.0 Å². The number of quaternary nitrogens is 1. The van der Waals surface area contributed by atoms with Gasteiger partial charge in [0.2, 0.25) is 0 Å². The molecule has 1 aromatic carbocycles. The minimum absolute atomic E-state index is 0.0711. The van der Waals surface area contributed by atoms with Crippen molar-refractivity contribution in [2.75, 3.05) is 32.7 Å². The van der Waals surface area contributed by atoms with E-state index in [1.54, 1.807) is 12.1 Å². The maximum atomic E-state index is 12.1. The van der Waals surface area contributed by atoms with Gasteiger partial charge in [0.25, 0.3) is 11.8 Å². The average molecular weight is 358 g/mol. The van der Waals surface area contributed by atoms with Crippen molar-refractivity contribution >= 4 is 11.8 Å². The van der Waals surface area contributed by atoms with Crippen molar-refractivity contribution in [1.82, 2.24) is 10.6 Å². The summed E-state index contributed by atoms with van der Waals surface area (Å²) in [4.78, 5) is 24.4. The third kappa shape index (κ3) is 8.99. The monoisotopic (exact) mass is 358 g/mol. The van der Waals surface area contributed by atoms with Gasteiger partial charge in [0.05, 0.1) is 6.54 Å². The lowest BCUT2D eigenvalue weighted by atomic mass is 10.1. The second-order valence-electron chi connectivity index (χ2n) is 5.53. The minimum atomic E-state index is -2.84. The molecule has 0 heterocycles. The van der Waals surface area contributed by atoms with Crippen LogP contribution in [0.4, 0.5) is 8.78 Å². The summed E-state index contributed by atoms with van der Waals surface area (Å²) in [6.07, 6.45) is 0.582. The molecule has 0 aliphatic carbocycles. The third-order valence-corrected chi connectivity index (χ3v) is 3.58. The molecule has 1 rings (SSSR count). The summed E-state index contributed by atoms with van der Waals surface area (Å²) < 4.78 is 28.4. The fourth-order valence-corrected chi connectivity index (χ4v) is 2.27. The summed E-state index contributed by atoms with van der Waals surface area (Å²) in [6.45, 7) is 3.12. The number of hydrogen-bond donors (Lipinski definition) is 3. The van der Waals surface area contributed by atoms with Crippen LogP contribution in [0.1, 0.15) is 19.4 Å². The van der Waals surface area contributed by atoms with E-state index >= 15 is 0 Å². The summed E-state index contributed by atoms with van der Waals surface area (Å²) in [5.74, 6) is -0.0904. The number of ether oxygens (including phenoxy) is 1. The predicted octanol–water partition coefficient (Wildman–Crippen LogP) is -0.0124. The zero-order chi connectivity index (χ0) is 18.7. The van der Waals surface area contributed by atoms with Crippen LogP contribution in [0.2, 0.25) is 0 Å². The molecule has 25 heavy (non-hydrogen) atoms. The van der Waals surface area contributed by atoms with Gasteiger partial charge < -0.3 is 20.3 Å². The van der Waals surface area contributed by atoms with E-state index in [4.69, 9.17) is 0 Å². The number of likely N-dealkylation sites (N-methyl/N-ethyl adjacent to an activating group) is 2. The van der Waals surface area contributed by atoms with Crippen LogP contribution in [-0.4, -0.2) is 51.1 Å². The summed E-state index contributed by atoms with van der Waals surface area (Å²) in [5.41, 5.74) is 0.906. The van der Waals surface area contributed by atoms with E-state index in [0.717, 1.165) is 10.5 Å². The Morgan fingerprint density at radius 1 is 1.08 bits per heavy atom. The summed E-state index contributed by atoms with van der Waals surface area (Å²) >= 11 is 0. The van der Waals surface area contributed by atoms with Crippen molar-refractivity contribution in [2.24, 2.45) is 0 Å². The highest BCUT2D eigenvalue weighted by Crippen LogP contribution is 2.14. The lowest BCUT2D eigenvalue weighted by Crippen LogP contribution is -3.14. The third-order valence-electron chi connectivity index (χ3n) is 3.58. The zero-order valence-electron chi connectivity index (χ0n) is 14.6. The van der Waals surface area contributed by atoms with E-state index in [-0.39, 0.29) is 30.7 Å². The number of halogens is 2. The molecular formula is C17H26F2N3O3+. The van der Waals surface area contributed by atoms with Crippen LogP contribution in [0.25, 0.3) is 0 Å². The van der Waals surface area contributed by atoms with Crippen molar-refractivity contribution in [1.29, 1.82) is 0 Å². The Bertz CT molecular complexity index is 538. The molecule has 2 amide bonds. The van der Waals surface area contributed by atoms with Gasteiger partial charge in [-0.25, -0.2) is 0 Å².